The van der Waals surface area contributed by atoms with Crippen LogP contribution in [0.15, 0.2) is 4.42 Å². The fraction of sp³-hybridized carbons (Fsp3) is 0.786. The minimum Gasteiger partial charge on any atom is -0.481 e. The zero-order chi connectivity index (χ0) is 13.0. The van der Waals surface area contributed by atoms with Crippen LogP contribution in [0.1, 0.15) is 49.8 Å². The van der Waals surface area contributed by atoms with Crippen LogP contribution in [0.5, 0.6) is 0 Å². The monoisotopic (exact) mass is 262 g/mol. The van der Waals surface area contributed by atoms with Gasteiger partial charge in [0, 0.05) is 18.8 Å². The van der Waals surface area contributed by atoms with E-state index < -0.39 is 5.97 Å². The Bertz CT molecular complexity index is 497. The third-order valence-electron chi connectivity index (χ3n) is 5.28. The molecule has 2 bridgehead atoms. The first kappa shape index (κ1) is 11.4. The van der Waals surface area contributed by atoms with Crippen LogP contribution in [0.3, 0.4) is 0 Å². The highest BCUT2D eigenvalue weighted by molar-refractivity contribution is 5.66. The number of carbonyl (C=O) groups is 1. The van der Waals surface area contributed by atoms with Gasteiger partial charge in [0.25, 0.3) is 0 Å². The molecule has 4 unspecified atom stereocenters. The summed E-state index contributed by atoms with van der Waals surface area (Å²) in [6.45, 7) is 0. The van der Waals surface area contributed by atoms with Gasteiger partial charge in [0.1, 0.15) is 0 Å². The van der Waals surface area contributed by atoms with Gasteiger partial charge in [0.15, 0.2) is 0 Å². The van der Waals surface area contributed by atoms with Crippen molar-refractivity contribution in [1.82, 2.24) is 10.2 Å². The Hall–Kier alpha value is -1.39. The molecule has 0 aliphatic heterocycles. The lowest BCUT2D eigenvalue weighted by atomic mass is 10.0. The van der Waals surface area contributed by atoms with Crippen molar-refractivity contribution in [3.8, 4) is 0 Å². The molecule has 3 saturated carbocycles. The number of rotatable bonds is 5. The van der Waals surface area contributed by atoms with Crippen LogP contribution in [0.25, 0.3) is 0 Å². The largest absolute Gasteiger partial charge is 0.481 e. The Morgan fingerprint density at radius 1 is 1.26 bits per heavy atom. The summed E-state index contributed by atoms with van der Waals surface area (Å²) < 4.78 is 5.74. The normalized spacial score (nSPS) is 38.4. The molecule has 1 N–H and O–H groups in total. The molecule has 0 amide bonds. The van der Waals surface area contributed by atoms with E-state index in [1.807, 2.05) is 0 Å². The summed E-state index contributed by atoms with van der Waals surface area (Å²) in [6.07, 6.45) is 5.51. The quantitative estimate of drug-likeness (QED) is 0.880. The van der Waals surface area contributed by atoms with Gasteiger partial charge in [-0.25, -0.2) is 0 Å². The second kappa shape index (κ2) is 4.05. The highest BCUT2D eigenvalue weighted by atomic mass is 16.4. The smallest absolute Gasteiger partial charge is 0.303 e. The summed E-state index contributed by atoms with van der Waals surface area (Å²) in [7, 11) is 0. The van der Waals surface area contributed by atoms with Crippen molar-refractivity contribution >= 4 is 5.97 Å². The van der Waals surface area contributed by atoms with Gasteiger partial charge in [0.2, 0.25) is 11.8 Å². The fourth-order valence-electron chi connectivity index (χ4n) is 4.55. The van der Waals surface area contributed by atoms with Crippen molar-refractivity contribution in [2.24, 2.45) is 23.7 Å². The topological polar surface area (TPSA) is 76.2 Å². The predicted octanol–water partition coefficient (Wildman–Crippen LogP) is 2.24. The van der Waals surface area contributed by atoms with E-state index in [-0.39, 0.29) is 6.42 Å². The lowest BCUT2D eigenvalue weighted by molar-refractivity contribution is -0.137. The van der Waals surface area contributed by atoms with Crippen LogP contribution in [0.2, 0.25) is 0 Å². The van der Waals surface area contributed by atoms with Gasteiger partial charge >= 0.3 is 5.97 Å². The molecule has 0 spiro atoms. The molecule has 0 radical (unpaired) electrons. The molecule has 5 heteroatoms. The number of nitrogens with zero attached hydrogens (tertiary/aromatic N) is 2. The summed E-state index contributed by atoms with van der Waals surface area (Å²) in [6, 6.07) is 0. The maximum absolute atomic E-state index is 10.5. The second-order valence-corrected chi connectivity index (χ2v) is 6.30. The Balaban J connectivity index is 1.39. The summed E-state index contributed by atoms with van der Waals surface area (Å²) in [5.41, 5.74) is 0. The Morgan fingerprint density at radius 2 is 2.00 bits per heavy atom. The average Bonchev–Trinajstić information content (AvgIpc) is 2.78. The molecule has 3 aliphatic carbocycles. The number of hydrogen-bond acceptors (Lipinski definition) is 4. The number of carboxylic acids is 1. The first-order valence-corrected chi connectivity index (χ1v) is 7.28. The highest BCUT2D eigenvalue weighted by Gasteiger charge is 2.67. The number of aliphatic carboxylic acids is 1. The minimum absolute atomic E-state index is 0.163. The molecule has 4 rings (SSSR count). The zero-order valence-corrected chi connectivity index (χ0v) is 10.8. The van der Waals surface area contributed by atoms with E-state index in [4.69, 9.17) is 9.52 Å². The van der Waals surface area contributed by atoms with E-state index in [9.17, 15) is 4.79 Å². The molecule has 0 saturated heterocycles. The van der Waals surface area contributed by atoms with E-state index in [0.717, 1.165) is 29.6 Å². The summed E-state index contributed by atoms with van der Waals surface area (Å²) >= 11 is 0. The van der Waals surface area contributed by atoms with Crippen LogP contribution in [0, 0.1) is 23.7 Å². The van der Waals surface area contributed by atoms with E-state index in [2.05, 4.69) is 10.2 Å². The molecule has 0 aromatic carbocycles. The number of aromatic nitrogens is 2. The van der Waals surface area contributed by atoms with Crippen molar-refractivity contribution in [2.45, 2.75) is 44.4 Å². The molecule has 5 nitrogen and oxygen atoms in total. The van der Waals surface area contributed by atoms with Crippen molar-refractivity contribution < 1.29 is 14.3 Å². The molecule has 4 atom stereocenters. The van der Waals surface area contributed by atoms with Crippen molar-refractivity contribution in [3.63, 3.8) is 0 Å². The van der Waals surface area contributed by atoms with Crippen molar-refractivity contribution in [1.29, 1.82) is 0 Å². The fourth-order valence-corrected chi connectivity index (χ4v) is 4.55. The Kier molecular flexibility index (Phi) is 2.44. The van der Waals surface area contributed by atoms with Gasteiger partial charge in [0.05, 0.1) is 0 Å². The predicted molar refractivity (Wildman–Crippen MR) is 65.4 cm³/mol. The van der Waals surface area contributed by atoms with Gasteiger partial charge in [-0.15, -0.1) is 10.2 Å². The van der Waals surface area contributed by atoms with E-state index in [1.54, 1.807) is 0 Å². The number of hydrogen-bond donors (Lipinski definition) is 1. The van der Waals surface area contributed by atoms with E-state index in [0.29, 0.717) is 24.7 Å². The highest BCUT2D eigenvalue weighted by Crippen LogP contribution is 2.72. The molecular weight excluding hydrogens is 244 g/mol. The maximum Gasteiger partial charge on any atom is 0.303 e. The SMILES string of the molecule is O=C(O)CCCc1nnc(C2C3C4CCC(C4)C23)o1. The Morgan fingerprint density at radius 3 is 2.68 bits per heavy atom. The third kappa shape index (κ3) is 1.78. The molecule has 1 aromatic heterocycles. The first-order chi connectivity index (χ1) is 9.24. The first-order valence-electron chi connectivity index (χ1n) is 7.28. The number of fused-ring (bicyclic) bond motifs is 5. The van der Waals surface area contributed by atoms with E-state index >= 15 is 0 Å². The molecule has 19 heavy (non-hydrogen) atoms. The number of carboxylic acid groups (broad SMARTS) is 1. The number of aryl methyl sites for hydroxylation is 1. The summed E-state index contributed by atoms with van der Waals surface area (Å²) in [5, 5.41) is 16.9. The summed E-state index contributed by atoms with van der Waals surface area (Å²) in [4.78, 5) is 10.5. The Labute approximate surface area is 111 Å². The van der Waals surface area contributed by atoms with Crippen LogP contribution in [0.4, 0.5) is 0 Å². The molecule has 3 aliphatic rings. The lowest BCUT2D eigenvalue weighted by Crippen LogP contribution is -1.97. The standard InChI is InChI=1S/C14H18N2O3/c17-10(18)3-1-2-9-15-16-14(19-9)13-11-7-4-5-8(6-7)12(11)13/h7-8,11-13H,1-6H2,(H,17,18). The van der Waals surface area contributed by atoms with Crippen molar-refractivity contribution in [2.75, 3.05) is 0 Å². The second-order valence-electron chi connectivity index (χ2n) is 6.30. The van der Waals surface area contributed by atoms with Crippen LogP contribution in [-0.2, 0) is 11.2 Å². The van der Waals surface area contributed by atoms with Gasteiger partial charge in [-0.1, -0.05) is 0 Å². The molecular formula is C14H18N2O3. The van der Waals surface area contributed by atoms with Gasteiger partial charge in [-0.05, 0) is 49.4 Å². The van der Waals surface area contributed by atoms with Gasteiger partial charge in [-0.3, -0.25) is 4.79 Å². The zero-order valence-electron chi connectivity index (χ0n) is 10.8. The van der Waals surface area contributed by atoms with Gasteiger partial charge in [-0.2, -0.15) is 0 Å². The van der Waals surface area contributed by atoms with Gasteiger partial charge < -0.3 is 9.52 Å². The molecule has 102 valence electrons. The summed E-state index contributed by atoms with van der Waals surface area (Å²) in [5.74, 6) is 4.60. The van der Waals surface area contributed by atoms with Crippen molar-refractivity contribution in [3.05, 3.63) is 11.8 Å². The third-order valence-corrected chi connectivity index (χ3v) is 5.28. The van der Waals surface area contributed by atoms with Crippen LogP contribution < -0.4 is 0 Å². The van der Waals surface area contributed by atoms with Crippen LogP contribution >= 0.6 is 0 Å². The molecule has 1 heterocycles. The maximum atomic E-state index is 10.5. The lowest BCUT2D eigenvalue weighted by Gasteiger charge is -2.04. The average molecular weight is 262 g/mol. The molecule has 1 aromatic rings. The molecule has 3 fully saturated rings. The van der Waals surface area contributed by atoms with E-state index in [1.165, 1.54) is 19.3 Å². The van der Waals surface area contributed by atoms with Crippen LogP contribution in [-0.4, -0.2) is 21.3 Å². The minimum atomic E-state index is -0.770.